The molecule has 1 unspecified atom stereocenters. The van der Waals surface area contributed by atoms with Gasteiger partial charge >= 0.3 is 0 Å². The minimum absolute atomic E-state index is 0.651. The monoisotopic (exact) mass is 302 g/mol. The Labute approximate surface area is 113 Å². The van der Waals surface area contributed by atoms with Crippen molar-refractivity contribution in [1.29, 1.82) is 0 Å². The van der Waals surface area contributed by atoms with Gasteiger partial charge in [0.15, 0.2) is 0 Å². The van der Waals surface area contributed by atoms with Crippen LogP contribution in [0.15, 0.2) is 4.47 Å². The molecule has 1 rings (SSSR count). The second kappa shape index (κ2) is 6.52. The highest BCUT2D eigenvalue weighted by atomic mass is 79.9. The average Bonchev–Trinajstić information content (AvgIpc) is 2.45. The summed E-state index contributed by atoms with van der Waals surface area (Å²) in [5.41, 5.74) is 2.29. The van der Waals surface area contributed by atoms with Gasteiger partial charge in [-0.2, -0.15) is 5.10 Å². The van der Waals surface area contributed by atoms with Crippen LogP contribution in [0.3, 0.4) is 0 Å². The van der Waals surface area contributed by atoms with Gasteiger partial charge in [-0.15, -0.1) is 0 Å². The minimum Gasteiger partial charge on any atom is -0.319 e. The molecule has 0 aliphatic carbocycles. The third-order valence-corrected chi connectivity index (χ3v) is 3.89. The van der Waals surface area contributed by atoms with Crippen LogP contribution in [0.2, 0.25) is 0 Å². The third-order valence-electron chi connectivity index (χ3n) is 2.86. The number of nitrogens with zero attached hydrogens (tertiary/aromatic N) is 3. The summed E-state index contributed by atoms with van der Waals surface area (Å²) in [7, 11) is 6.15. The fraction of sp³-hybridized carbons (Fsp3) is 0.750. The van der Waals surface area contributed by atoms with Crippen molar-refractivity contribution in [3.8, 4) is 0 Å². The zero-order chi connectivity index (χ0) is 13.0. The SMILES string of the molecule is CNCC(C)CN(C)Cc1c(Br)c(C)nn1C. The van der Waals surface area contributed by atoms with Crippen LogP contribution in [0.4, 0.5) is 0 Å². The number of aromatic nitrogens is 2. The van der Waals surface area contributed by atoms with Crippen LogP contribution in [0.25, 0.3) is 0 Å². The van der Waals surface area contributed by atoms with Crippen molar-refractivity contribution >= 4 is 15.9 Å². The summed E-state index contributed by atoms with van der Waals surface area (Å²) < 4.78 is 3.09. The molecule has 1 aromatic heterocycles. The number of nitrogens with one attached hydrogen (secondary N) is 1. The largest absolute Gasteiger partial charge is 0.319 e. The highest BCUT2D eigenvalue weighted by molar-refractivity contribution is 9.10. The first-order chi connectivity index (χ1) is 7.95. The number of rotatable bonds is 6. The predicted octanol–water partition coefficient (Wildman–Crippen LogP) is 1.78. The van der Waals surface area contributed by atoms with Gasteiger partial charge in [0.25, 0.3) is 0 Å². The Morgan fingerprint density at radius 3 is 2.65 bits per heavy atom. The smallest absolute Gasteiger partial charge is 0.0739 e. The predicted molar refractivity (Wildman–Crippen MR) is 75.1 cm³/mol. The molecule has 1 N–H and O–H groups in total. The van der Waals surface area contributed by atoms with Gasteiger partial charge in [-0.25, -0.2) is 0 Å². The topological polar surface area (TPSA) is 33.1 Å². The summed E-state index contributed by atoms with van der Waals surface area (Å²) in [5.74, 6) is 0.651. The lowest BCUT2D eigenvalue weighted by Gasteiger charge is -2.21. The first kappa shape index (κ1) is 14.7. The van der Waals surface area contributed by atoms with E-state index in [0.29, 0.717) is 5.92 Å². The summed E-state index contributed by atoms with van der Waals surface area (Å²) in [5, 5.41) is 7.62. The van der Waals surface area contributed by atoms with Crippen molar-refractivity contribution < 1.29 is 0 Å². The maximum Gasteiger partial charge on any atom is 0.0739 e. The van der Waals surface area contributed by atoms with Gasteiger partial charge < -0.3 is 10.2 Å². The van der Waals surface area contributed by atoms with Gasteiger partial charge in [0.1, 0.15) is 0 Å². The molecule has 4 nitrogen and oxygen atoms in total. The lowest BCUT2D eigenvalue weighted by molar-refractivity contribution is 0.269. The van der Waals surface area contributed by atoms with E-state index in [1.165, 1.54) is 5.69 Å². The van der Waals surface area contributed by atoms with Crippen molar-refractivity contribution in [2.24, 2.45) is 13.0 Å². The fourth-order valence-corrected chi connectivity index (χ4v) is 2.58. The summed E-state index contributed by atoms with van der Waals surface area (Å²) in [6.45, 7) is 7.34. The van der Waals surface area contributed by atoms with E-state index >= 15 is 0 Å². The van der Waals surface area contributed by atoms with E-state index in [1.54, 1.807) is 0 Å². The second-order valence-electron chi connectivity index (χ2n) is 4.83. The van der Waals surface area contributed by atoms with Crippen molar-refractivity contribution in [3.63, 3.8) is 0 Å². The molecule has 0 aliphatic heterocycles. The molecule has 0 amide bonds. The number of aryl methyl sites for hydroxylation is 2. The molecule has 1 aromatic rings. The normalized spacial score (nSPS) is 13.4. The lowest BCUT2D eigenvalue weighted by Crippen LogP contribution is -2.30. The zero-order valence-electron chi connectivity index (χ0n) is 11.4. The van der Waals surface area contributed by atoms with Crippen LogP contribution >= 0.6 is 15.9 Å². The Morgan fingerprint density at radius 1 is 1.53 bits per heavy atom. The first-order valence-corrected chi connectivity index (χ1v) is 6.76. The van der Waals surface area contributed by atoms with Crippen LogP contribution in [0.5, 0.6) is 0 Å². The highest BCUT2D eigenvalue weighted by Crippen LogP contribution is 2.21. The molecule has 0 fully saturated rings. The van der Waals surface area contributed by atoms with Gasteiger partial charge in [-0.3, -0.25) is 4.68 Å². The molecule has 1 heterocycles. The van der Waals surface area contributed by atoms with Crippen molar-refractivity contribution in [2.75, 3.05) is 27.2 Å². The van der Waals surface area contributed by atoms with E-state index in [0.717, 1.165) is 29.8 Å². The maximum absolute atomic E-state index is 4.41. The Bertz CT molecular complexity index is 362. The summed E-state index contributed by atoms with van der Waals surface area (Å²) in [6.07, 6.45) is 0. The van der Waals surface area contributed by atoms with E-state index in [4.69, 9.17) is 0 Å². The molecular weight excluding hydrogens is 280 g/mol. The van der Waals surface area contributed by atoms with Crippen LogP contribution in [-0.2, 0) is 13.6 Å². The Morgan fingerprint density at radius 2 is 2.18 bits per heavy atom. The molecule has 98 valence electrons. The van der Waals surface area contributed by atoms with Crippen molar-refractivity contribution in [2.45, 2.75) is 20.4 Å². The Hall–Kier alpha value is -0.390. The summed E-state index contributed by atoms with van der Waals surface area (Å²) in [6, 6.07) is 0. The first-order valence-electron chi connectivity index (χ1n) is 5.96. The number of halogens is 1. The van der Waals surface area contributed by atoms with E-state index in [1.807, 2.05) is 25.7 Å². The van der Waals surface area contributed by atoms with Crippen molar-refractivity contribution in [1.82, 2.24) is 20.0 Å². The van der Waals surface area contributed by atoms with Gasteiger partial charge in [-0.1, -0.05) is 6.92 Å². The van der Waals surface area contributed by atoms with Crippen molar-refractivity contribution in [3.05, 3.63) is 15.9 Å². The second-order valence-corrected chi connectivity index (χ2v) is 5.62. The summed E-state index contributed by atoms with van der Waals surface area (Å²) >= 11 is 3.60. The molecule has 5 heteroatoms. The summed E-state index contributed by atoms with van der Waals surface area (Å²) in [4.78, 5) is 2.34. The van der Waals surface area contributed by atoms with Gasteiger partial charge in [0, 0.05) is 20.1 Å². The molecule has 0 aromatic carbocycles. The molecule has 0 saturated heterocycles. The minimum atomic E-state index is 0.651. The molecule has 17 heavy (non-hydrogen) atoms. The van der Waals surface area contributed by atoms with Crippen LogP contribution in [0.1, 0.15) is 18.3 Å². The van der Waals surface area contributed by atoms with E-state index in [9.17, 15) is 0 Å². The highest BCUT2D eigenvalue weighted by Gasteiger charge is 2.13. The van der Waals surface area contributed by atoms with Crippen LogP contribution in [0, 0.1) is 12.8 Å². The van der Waals surface area contributed by atoms with Gasteiger partial charge in [-0.05, 0) is 49.4 Å². The molecule has 0 bridgehead atoms. The average molecular weight is 303 g/mol. The molecule has 0 saturated carbocycles. The number of hydrogen-bond acceptors (Lipinski definition) is 3. The lowest BCUT2D eigenvalue weighted by atomic mass is 10.1. The standard InChI is InChI=1S/C12H23BrN4/c1-9(6-14-3)7-16(4)8-11-12(13)10(2)15-17(11)5/h9,14H,6-8H2,1-5H3. The molecule has 0 radical (unpaired) electrons. The van der Waals surface area contributed by atoms with Gasteiger partial charge in [0.05, 0.1) is 15.9 Å². The fourth-order valence-electron chi connectivity index (χ4n) is 2.12. The zero-order valence-corrected chi connectivity index (χ0v) is 13.0. The van der Waals surface area contributed by atoms with E-state index < -0.39 is 0 Å². The molecule has 1 atom stereocenters. The molecule has 0 aliphatic rings. The van der Waals surface area contributed by atoms with E-state index in [-0.39, 0.29) is 0 Å². The molecular formula is C12H23BrN4. The van der Waals surface area contributed by atoms with E-state index in [2.05, 4.69) is 45.2 Å². The number of hydrogen-bond donors (Lipinski definition) is 1. The quantitative estimate of drug-likeness (QED) is 0.869. The Balaban J connectivity index is 2.58. The maximum atomic E-state index is 4.41. The Kier molecular flexibility index (Phi) is 5.62. The third kappa shape index (κ3) is 4.08. The van der Waals surface area contributed by atoms with Gasteiger partial charge in [0.2, 0.25) is 0 Å². The molecule has 0 spiro atoms. The van der Waals surface area contributed by atoms with Crippen LogP contribution < -0.4 is 5.32 Å². The van der Waals surface area contributed by atoms with Crippen LogP contribution in [-0.4, -0.2) is 41.9 Å².